The zero-order valence-electron chi connectivity index (χ0n) is 17.7. The maximum Gasteiger partial charge on any atom is 0.311 e. The van der Waals surface area contributed by atoms with E-state index in [9.17, 15) is 19.2 Å². The summed E-state index contributed by atoms with van der Waals surface area (Å²) in [6, 6.07) is 12.5. The summed E-state index contributed by atoms with van der Waals surface area (Å²) in [7, 11) is 0. The van der Waals surface area contributed by atoms with Crippen LogP contribution in [0.5, 0.6) is 0 Å². The lowest BCUT2D eigenvalue weighted by atomic mass is 10.1. The molecule has 0 saturated carbocycles. The average molecular weight is 423 g/mol. The Labute approximate surface area is 180 Å². The zero-order chi connectivity index (χ0) is 22.5. The van der Waals surface area contributed by atoms with Crippen LogP contribution in [0.1, 0.15) is 33.5 Å². The molecule has 3 rings (SSSR count). The molecule has 0 unspecified atom stereocenters. The number of hydrogen-bond acceptors (Lipinski definition) is 5. The smallest absolute Gasteiger partial charge is 0.311 e. The standard InChI is InChI=1S/C23H25N3O5/c1-14-8-6-10-19(16(14)3)24-20(27)13-31-23(30)17-11-21(28)26(12-17)25-22(29)18-9-5-4-7-15(18)2/h4-10,17H,11-13H2,1-3H3,(H,24,27)(H,25,29)/t17-/m1/s1. The molecular weight excluding hydrogens is 398 g/mol. The second kappa shape index (κ2) is 9.42. The Kier molecular flexibility index (Phi) is 6.69. The summed E-state index contributed by atoms with van der Waals surface area (Å²) < 4.78 is 5.09. The van der Waals surface area contributed by atoms with Crippen molar-refractivity contribution in [2.45, 2.75) is 27.2 Å². The molecule has 1 aliphatic heterocycles. The molecule has 0 aliphatic carbocycles. The number of nitrogens with zero attached hydrogens (tertiary/aromatic N) is 1. The van der Waals surface area contributed by atoms with E-state index in [-0.39, 0.29) is 18.9 Å². The summed E-state index contributed by atoms with van der Waals surface area (Å²) in [5.41, 5.74) is 6.38. The maximum atomic E-state index is 12.4. The van der Waals surface area contributed by atoms with Gasteiger partial charge >= 0.3 is 5.97 Å². The normalized spacial score (nSPS) is 15.5. The number of hydrogen-bond donors (Lipinski definition) is 2. The highest BCUT2D eigenvalue weighted by molar-refractivity contribution is 5.98. The largest absolute Gasteiger partial charge is 0.455 e. The minimum absolute atomic E-state index is 0.00606. The van der Waals surface area contributed by atoms with E-state index in [1.165, 1.54) is 0 Å². The number of nitrogens with one attached hydrogen (secondary N) is 2. The van der Waals surface area contributed by atoms with Gasteiger partial charge in [-0.05, 0) is 49.6 Å². The van der Waals surface area contributed by atoms with Gasteiger partial charge in [-0.15, -0.1) is 0 Å². The first-order chi connectivity index (χ1) is 14.8. The quantitative estimate of drug-likeness (QED) is 0.694. The van der Waals surface area contributed by atoms with E-state index < -0.39 is 30.3 Å². The van der Waals surface area contributed by atoms with Gasteiger partial charge in [0.15, 0.2) is 6.61 Å². The second-order valence-electron chi connectivity index (χ2n) is 7.56. The number of carbonyl (C=O) groups is 4. The Morgan fingerprint density at radius 2 is 1.74 bits per heavy atom. The van der Waals surface area contributed by atoms with Gasteiger partial charge in [-0.25, -0.2) is 0 Å². The van der Waals surface area contributed by atoms with Crippen LogP contribution in [0.2, 0.25) is 0 Å². The number of aryl methyl sites for hydroxylation is 2. The molecule has 0 radical (unpaired) electrons. The van der Waals surface area contributed by atoms with Crippen molar-refractivity contribution in [3.63, 3.8) is 0 Å². The number of carbonyl (C=O) groups excluding carboxylic acids is 4. The van der Waals surface area contributed by atoms with Gasteiger partial charge in [0.2, 0.25) is 5.91 Å². The maximum absolute atomic E-state index is 12.4. The van der Waals surface area contributed by atoms with Crippen molar-refractivity contribution < 1.29 is 23.9 Å². The number of anilines is 1. The van der Waals surface area contributed by atoms with E-state index in [2.05, 4.69) is 10.7 Å². The van der Waals surface area contributed by atoms with Crippen molar-refractivity contribution in [3.8, 4) is 0 Å². The molecular formula is C23H25N3O5. The van der Waals surface area contributed by atoms with Crippen LogP contribution in [0, 0.1) is 26.7 Å². The van der Waals surface area contributed by atoms with E-state index in [0.717, 1.165) is 21.7 Å². The van der Waals surface area contributed by atoms with Gasteiger partial charge in [-0.2, -0.15) is 0 Å². The van der Waals surface area contributed by atoms with E-state index in [4.69, 9.17) is 4.74 Å². The van der Waals surface area contributed by atoms with E-state index in [1.807, 2.05) is 32.0 Å². The number of esters is 1. The van der Waals surface area contributed by atoms with Crippen molar-refractivity contribution in [3.05, 3.63) is 64.7 Å². The number of amides is 3. The molecule has 31 heavy (non-hydrogen) atoms. The highest BCUT2D eigenvalue weighted by Crippen LogP contribution is 2.20. The minimum atomic E-state index is -0.752. The molecule has 0 aromatic heterocycles. The van der Waals surface area contributed by atoms with Gasteiger partial charge in [0, 0.05) is 17.7 Å². The Balaban J connectivity index is 1.51. The van der Waals surface area contributed by atoms with Crippen molar-refractivity contribution in [2.75, 3.05) is 18.5 Å². The minimum Gasteiger partial charge on any atom is -0.455 e. The fraction of sp³-hybridized carbons (Fsp3) is 0.304. The molecule has 3 amide bonds. The summed E-state index contributed by atoms with van der Waals surface area (Å²) in [5.74, 6) is -2.68. The number of benzene rings is 2. The molecule has 0 bridgehead atoms. The van der Waals surface area contributed by atoms with Crippen LogP contribution in [0.4, 0.5) is 5.69 Å². The monoisotopic (exact) mass is 423 g/mol. The van der Waals surface area contributed by atoms with Gasteiger partial charge < -0.3 is 10.1 Å². The van der Waals surface area contributed by atoms with Gasteiger partial charge in [-0.3, -0.25) is 29.6 Å². The summed E-state index contributed by atoms with van der Waals surface area (Å²) in [6.45, 7) is 5.16. The fourth-order valence-corrected chi connectivity index (χ4v) is 3.31. The van der Waals surface area contributed by atoms with Gasteiger partial charge in [0.25, 0.3) is 11.8 Å². The Bertz CT molecular complexity index is 1030. The number of rotatable bonds is 6. The highest BCUT2D eigenvalue weighted by atomic mass is 16.5. The van der Waals surface area contributed by atoms with Gasteiger partial charge in [0.1, 0.15) is 0 Å². The molecule has 1 heterocycles. The van der Waals surface area contributed by atoms with Crippen LogP contribution >= 0.6 is 0 Å². The van der Waals surface area contributed by atoms with Crippen LogP contribution < -0.4 is 10.7 Å². The van der Waals surface area contributed by atoms with Crippen molar-refractivity contribution in [2.24, 2.45) is 5.92 Å². The third kappa shape index (κ3) is 5.28. The first-order valence-corrected chi connectivity index (χ1v) is 9.96. The van der Waals surface area contributed by atoms with E-state index in [0.29, 0.717) is 11.3 Å². The average Bonchev–Trinajstić information content (AvgIpc) is 3.10. The van der Waals surface area contributed by atoms with Crippen LogP contribution in [-0.2, 0) is 19.1 Å². The highest BCUT2D eigenvalue weighted by Gasteiger charge is 2.36. The number of ether oxygens (including phenoxy) is 1. The van der Waals surface area contributed by atoms with Crippen molar-refractivity contribution in [1.29, 1.82) is 0 Å². The zero-order valence-corrected chi connectivity index (χ0v) is 17.7. The first kappa shape index (κ1) is 22.0. The second-order valence-corrected chi connectivity index (χ2v) is 7.56. The molecule has 162 valence electrons. The van der Waals surface area contributed by atoms with Crippen LogP contribution in [-0.4, -0.2) is 41.9 Å². The summed E-state index contributed by atoms with van der Waals surface area (Å²) in [6.07, 6.45) is -0.0918. The lowest BCUT2D eigenvalue weighted by molar-refractivity contribution is -0.151. The summed E-state index contributed by atoms with van der Waals surface area (Å²) >= 11 is 0. The summed E-state index contributed by atoms with van der Waals surface area (Å²) in [4.78, 5) is 49.1. The van der Waals surface area contributed by atoms with Gasteiger partial charge in [0.05, 0.1) is 12.5 Å². The Morgan fingerprint density at radius 1 is 1.03 bits per heavy atom. The van der Waals surface area contributed by atoms with Crippen molar-refractivity contribution in [1.82, 2.24) is 10.4 Å². The molecule has 1 saturated heterocycles. The van der Waals surface area contributed by atoms with E-state index >= 15 is 0 Å². The third-order valence-corrected chi connectivity index (χ3v) is 5.31. The molecule has 2 N–H and O–H groups in total. The Morgan fingerprint density at radius 3 is 2.48 bits per heavy atom. The van der Waals surface area contributed by atoms with Crippen molar-refractivity contribution >= 4 is 29.4 Å². The number of hydrazine groups is 1. The first-order valence-electron chi connectivity index (χ1n) is 9.96. The molecule has 8 nitrogen and oxygen atoms in total. The molecule has 0 spiro atoms. The molecule has 1 aliphatic rings. The molecule has 2 aromatic rings. The molecule has 1 fully saturated rings. The lowest BCUT2D eigenvalue weighted by Crippen LogP contribution is -2.43. The fourth-order valence-electron chi connectivity index (χ4n) is 3.31. The van der Waals surface area contributed by atoms with Crippen LogP contribution in [0.25, 0.3) is 0 Å². The third-order valence-electron chi connectivity index (χ3n) is 5.31. The Hall–Kier alpha value is -3.68. The molecule has 2 aromatic carbocycles. The van der Waals surface area contributed by atoms with Crippen LogP contribution in [0.3, 0.4) is 0 Å². The predicted octanol–water partition coefficient (Wildman–Crippen LogP) is 2.29. The topological polar surface area (TPSA) is 105 Å². The predicted molar refractivity (Wildman–Crippen MR) is 114 cm³/mol. The SMILES string of the molecule is Cc1ccccc1C(=O)NN1C[C@H](C(=O)OCC(=O)Nc2cccc(C)c2C)CC1=O. The molecule has 1 atom stereocenters. The summed E-state index contributed by atoms with van der Waals surface area (Å²) in [5, 5.41) is 3.84. The van der Waals surface area contributed by atoms with Gasteiger partial charge in [-0.1, -0.05) is 30.3 Å². The molecule has 8 heteroatoms. The lowest BCUT2D eigenvalue weighted by Gasteiger charge is -2.18. The van der Waals surface area contributed by atoms with Crippen LogP contribution in [0.15, 0.2) is 42.5 Å². The van der Waals surface area contributed by atoms with E-state index in [1.54, 1.807) is 31.2 Å².